The molecule has 20 heavy (non-hydrogen) atoms. The van der Waals surface area contributed by atoms with Gasteiger partial charge >= 0.3 is 0 Å². The smallest absolute Gasteiger partial charge is 0.00610 e. The Morgan fingerprint density at radius 3 is 1.00 bits per heavy atom. The average Bonchev–Trinajstić information content (AvgIpc) is 2.61. The summed E-state index contributed by atoms with van der Waals surface area (Å²) in [6, 6.07) is 21.2. The zero-order chi connectivity index (χ0) is 15.8. The first-order chi connectivity index (χ1) is 9.88. The molecular formula is C20H32. The molecule has 0 spiro atoms. The lowest BCUT2D eigenvalue weighted by atomic mass is 9.93. The van der Waals surface area contributed by atoms with Crippen LogP contribution in [-0.4, -0.2) is 0 Å². The summed E-state index contributed by atoms with van der Waals surface area (Å²) in [5.74, 6) is 0.484. The summed E-state index contributed by atoms with van der Waals surface area (Å²) in [6.07, 6.45) is 0. The van der Waals surface area contributed by atoms with E-state index in [1.54, 1.807) is 0 Å². The lowest BCUT2D eigenvalue weighted by Gasteiger charge is -2.11. The minimum absolute atomic E-state index is 0.484. The molecule has 0 heterocycles. The van der Waals surface area contributed by atoms with Crippen molar-refractivity contribution in [1.29, 1.82) is 0 Å². The van der Waals surface area contributed by atoms with Gasteiger partial charge in [0.25, 0.3) is 0 Å². The van der Waals surface area contributed by atoms with Crippen LogP contribution in [-0.2, 0) is 0 Å². The summed E-state index contributed by atoms with van der Waals surface area (Å²) < 4.78 is 0. The summed E-state index contributed by atoms with van der Waals surface area (Å²) in [5, 5.41) is 0. The summed E-state index contributed by atoms with van der Waals surface area (Å²) >= 11 is 0. The molecule has 0 saturated heterocycles. The van der Waals surface area contributed by atoms with Crippen LogP contribution in [0.2, 0.25) is 0 Å². The van der Waals surface area contributed by atoms with Gasteiger partial charge in [-0.15, -0.1) is 0 Å². The molecule has 0 aliphatic carbocycles. The third-order valence-corrected chi connectivity index (χ3v) is 2.60. The first kappa shape index (κ1) is 20.8. The van der Waals surface area contributed by atoms with Crippen molar-refractivity contribution in [2.45, 2.75) is 54.4 Å². The molecule has 0 nitrogen and oxygen atoms in total. The van der Waals surface area contributed by atoms with Crippen LogP contribution in [0.3, 0.4) is 0 Å². The van der Waals surface area contributed by atoms with Crippen LogP contribution in [0, 0.1) is 0 Å². The molecule has 0 aliphatic heterocycles. The summed E-state index contributed by atoms with van der Waals surface area (Å²) in [7, 11) is 0. The van der Waals surface area contributed by atoms with Crippen molar-refractivity contribution in [3.05, 3.63) is 71.8 Å². The molecule has 0 fully saturated rings. The van der Waals surface area contributed by atoms with E-state index >= 15 is 0 Å². The van der Waals surface area contributed by atoms with Crippen molar-refractivity contribution in [3.8, 4) is 0 Å². The molecule has 0 amide bonds. The largest absolute Gasteiger partial charge is 0.0683 e. The van der Waals surface area contributed by atoms with Gasteiger partial charge in [-0.05, 0) is 11.1 Å². The maximum Gasteiger partial charge on any atom is 0.00610 e. The van der Waals surface area contributed by atoms with Gasteiger partial charge in [0.05, 0.1) is 0 Å². The Morgan fingerprint density at radius 1 is 0.500 bits per heavy atom. The Hall–Kier alpha value is -1.56. The molecule has 0 atom stereocenters. The molecule has 0 unspecified atom stereocenters. The first-order valence-electron chi connectivity index (χ1n) is 7.98. The second kappa shape index (κ2) is 15.5. The van der Waals surface area contributed by atoms with E-state index in [2.05, 4.69) is 67.6 Å². The van der Waals surface area contributed by atoms with Crippen LogP contribution in [0.25, 0.3) is 0 Å². The average molecular weight is 272 g/mol. The van der Waals surface area contributed by atoms with Crippen molar-refractivity contribution < 1.29 is 0 Å². The van der Waals surface area contributed by atoms with Crippen molar-refractivity contribution in [1.82, 2.24) is 0 Å². The van der Waals surface area contributed by atoms with E-state index in [1.807, 2.05) is 41.5 Å². The van der Waals surface area contributed by atoms with Crippen LogP contribution in [0.4, 0.5) is 0 Å². The molecule has 0 aliphatic rings. The van der Waals surface area contributed by atoms with Gasteiger partial charge in [-0.3, -0.25) is 0 Å². The fraction of sp³-hybridized carbons (Fsp3) is 0.400. The van der Waals surface area contributed by atoms with Crippen LogP contribution in [0.5, 0.6) is 0 Å². The molecule has 2 rings (SSSR count). The maximum atomic E-state index is 2.24. The monoisotopic (exact) mass is 272 g/mol. The maximum absolute atomic E-state index is 2.24. The predicted molar refractivity (Wildman–Crippen MR) is 94.4 cm³/mol. The van der Waals surface area contributed by atoms with E-state index in [0.717, 1.165) is 0 Å². The lowest BCUT2D eigenvalue weighted by Crippen LogP contribution is -1.94. The Labute approximate surface area is 126 Å². The lowest BCUT2D eigenvalue weighted by molar-refractivity contribution is 0.922. The van der Waals surface area contributed by atoms with Gasteiger partial charge in [-0.1, -0.05) is 109 Å². The van der Waals surface area contributed by atoms with E-state index in [4.69, 9.17) is 0 Å². The van der Waals surface area contributed by atoms with Gasteiger partial charge in [-0.25, -0.2) is 0 Å². The molecular weight excluding hydrogens is 240 g/mol. The molecule has 0 radical (unpaired) electrons. The van der Waals surface area contributed by atoms with Gasteiger partial charge in [0, 0.05) is 5.92 Å². The van der Waals surface area contributed by atoms with Crippen molar-refractivity contribution >= 4 is 0 Å². The summed E-state index contributed by atoms with van der Waals surface area (Å²) in [5.41, 5.74) is 2.75. The quantitative estimate of drug-likeness (QED) is 0.556. The Bertz CT molecular complexity index is 336. The Balaban J connectivity index is 0. The van der Waals surface area contributed by atoms with Crippen molar-refractivity contribution in [2.75, 3.05) is 0 Å². The molecule has 2 aromatic rings. The molecule has 0 aromatic heterocycles. The fourth-order valence-electron chi connectivity index (χ4n) is 1.68. The van der Waals surface area contributed by atoms with E-state index in [9.17, 15) is 0 Å². The highest BCUT2D eigenvalue weighted by Crippen LogP contribution is 2.22. The zero-order valence-electron chi connectivity index (χ0n) is 14.4. The Kier molecular flexibility index (Phi) is 16.1. The number of hydrogen-bond donors (Lipinski definition) is 0. The molecule has 0 saturated carbocycles. The molecule has 112 valence electrons. The summed E-state index contributed by atoms with van der Waals surface area (Å²) in [6.45, 7) is 14.2. The molecule has 0 heteroatoms. The highest BCUT2D eigenvalue weighted by molar-refractivity contribution is 5.31. The van der Waals surface area contributed by atoms with Gasteiger partial charge in [0.15, 0.2) is 0 Å². The third kappa shape index (κ3) is 7.78. The van der Waals surface area contributed by atoms with Crippen molar-refractivity contribution in [3.63, 3.8) is 0 Å². The minimum atomic E-state index is 0.484. The van der Waals surface area contributed by atoms with Crippen molar-refractivity contribution in [2.24, 2.45) is 0 Å². The minimum Gasteiger partial charge on any atom is -0.0683 e. The van der Waals surface area contributed by atoms with Crippen LogP contribution in [0.1, 0.15) is 65.5 Å². The third-order valence-electron chi connectivity index (χ3n) is 2.60. The van der Waals surface area contributed by atoms with Gasteiger partial charge in [-0.2, -0.15) is 0 Å². The van der Waals surface area contributed by atoms with Gasteiger partial charge < -0.3 is 0 Å². The van der Waals surface area contributed by atoms with E-state index in [0.29, 0.717) is 5.92 Å². The zero-order valence-corrected chi connectivity index (χ0v) is 14.4. The molecule has 2 aromatic carbocycles. The normalized spacial score (nSPS) is 8.20. The van der Waals surface area contributed by atoms with E-state index in [1.165, 1.54) is 11.1 Å². The highest BCUT2D eigenvalue weighted by atomic mass is 14.1. The standard InChI is InChI=1S/C14H14.3C2H6/c1-12(13-8-4-2-5-9-13)14-10-6-3-7-11-14;3*1-2/h2-12H,1H3;3*1-2H3. The van der Waals surface area contributed by atoms with E-state index < -0.39 is 0 Å². The number of benzene rings is 2. The SMILES string of the molecule is CC.CC.CC.CC(c1ccccc1)c1ccccc1. The second-order valence-electron chi connectivity index (χ2n) is 3.54. The Morgan fingerprint density at radius 2 is 0.750 bits per heavy atom. The molecule has 0 bridgehead atoms. The van der Waals surface area contributed by atoms with E-state index in [-0.39, 0.29) is 0 Å². The highest BCUT2D eigenvalue weighted by Gasteiger charge is 2.05. The van der Waals surface area contributed by atoms with Crippen LogP contribution >= 0.6 is 0 Å². The number of hydrogen-bond acceptors (Lipinski definition) is 0. The fourth-order valence-corrected chi connectivity index (χ4v) is 1.68. The first-order valence-corrected chi connectivity index (χ1v) is 7.98. The van der Waals surface area contributed by atoms with Crippen LogP contribution in [0.15, 0.2) is 60.7 Å². The van der Waals surface area contributed by atoms with Gasteiger partial charge in [0.2, 0.25) is 0 Å². The molecule has 0 N–H and O–H groups in total. The van der Waals surface area contributed by atoms with Crippen LogP contribution < -0.4 is 0 Å². The van der Waals surface area contributed by atoms with Gasteiger partial charge in [0.1, 0.15) is 0 Å². The topological polar surface area (TPSA) is 0 Å². The number of rotatable bonds is 2. The predicted octanol–water partition coefficient (Wildman–Crippen LogP) is 6.92. The summed E-state index contributed by atoms with van der Waals surface area (Å²) in [4.78, 5) is 0. The second-order valence-corrected chi connectivity index (χ2v) is 3.54.